The minimum atomic E-state index is -4.23. The van der Waals surface area contributed by atoms with Crippen molar-refractivity contribution < 1.29 is 13.2 Å². The number of rotatable bonds is 2. The number of benzene rings is 1. The Bertz CT molecular complexity index is 375. The van der Waals surface area contributed by atoms with E-state index in [2.05, 4.69) is 5.32 Å². The topological polar surface area (TPSA) is 15.3 Å². The van der Waals surface area contributed by atoms with Crippen LogP contribution in [0.5, 0.6) is 0 Å². The fourth-order valence-electron chi connectivity index (χ4n) is 1.84. The summed E-state index contributed by atoms with van der Waals surface area (Å²) < 4.78 is 37.3. The minimum absolute atomic E-state index is 0.0411. The monoisotopic (exact) mass is 262 g/mol. The van der Waals surface area contributed by atoms with E-state index in [4.69, 9.17) is 0 Å². The van der Waals surface area contributed by atoms with Gasteiger partial charge in [0.25, 0.3) is 0 Å². The Morgan fingerprint density at radius 3 is 2.41 bits per heavy atom. The molecule has 0 spiro atoms. The second-order valence-electron chi connectivity index (χ2n) is 3.75. The Balaban J connectivity index is 2.20. The van der Waals surface area contributed by atoms with Crippen LogP contribution in [0.1, 0.15) is 0 Å². The van der Waals surface area contributed by atoms with Crippen LogP contribution in [0.25, 0.3) is 0 Å². The maximum absolute atomic E-state index is 12.4. The Labute approximate surface area is 102 Å². The fraction of sp³-hybridized carbons (Fsp3) is 0.455. The molecule has 0 aromatic heterocycles. The van der Waals surface area contributed by atoms with Crippen molar-refractivity contribution in [2.75, 3.05) is 31.1 Å². The summed E-state index contributed by atoms with van der Waals surface area (Å²) in [6, 6.07) is 6.69. The van der Waals surface area contributed by atoms with Crippen molar-refractivity contribution in [2.45, 2.75) is 10.4 Å². The van der Waals surface area contributed by atoms with Crippen molar-refractivity contribution >= 4 is 17.4 Å². The van der Waals surface area contributed by atoms with Crippen LogP contribution in [-0.4, -0.2) is 31.7 Å². The quantitative estimate of drug-likeness (QED) is 0.825. The summed E-state index contributed by atoms with van der Waals surface area (Å²) in [6.45, 7) is 3.11. The molecule has 17 heavy (non-hydrogen) atoms. The Hall–Kier alpha value is -0.880. The first-order valence-corrected chi connectivity index (χ1v) is 6.18. The molecule has 1 aromatic carbocycles. The zero-order valence-electron chi connectivity index (χ0n) is 9.13. The van der Waals surface area contributed by atoms with Crippen LogP contribution in [0, 0.1) is 0 Å². The molecule has 2 rings (SSSR count). The summed E-state index contributed by atoms with van der Waals surface area (Å²) in [4.78, 5) is 2.27. The zero-order valence-corrected chi connectivity index (χ0v) is 9.94. The highest BCUT2D eigenvalue weighted by Crippen LogP contribution is 2.41. The van der Waals surface area contributed by atoms with Crippen LogP contribution in [0.3, 0.4) is 0 Å². The number of piperazine rings is 1. The van der Waals surface area contributed by atoms with Crippen molar-refractivity contribution in [2.24, 2.45) is 0 Å². The van der Waals surface area contributed by atoms with Crippen LogP contribution in [0.2, 0.25) is 0 Å². The molecule has 1 saturated heterocycles. The molecule has 1 N–H and O–H groups in total. The molecule has 1 heterocycles. The van der Waals surface area contributed by atoms with Gasteiger partial charge in [0.2, 0.25) is 0 Å². The van der Waals surface area contributed by atoms with Crippen molar-refractivity contribution in [3.8, 4) is 0 Å². The molecule has 0 bridgehead atoms. The van der Waals surface area contributed by atoms with Crippen molar-refractivity contribution in [1.29, 1.82) is 0 Å². The van der Waals surface area contributed by atoms with Crippen LogP contribution in [-0.2, 0) is 0 Å². The molecule has 0 aliphatic carbocycles. The van der Waals surface area contributed by atoms with Gasteiger partial charge in [0, 0.05) is 31.1 Å². The van der Waals surface area contributed by atoms with E-state index in [-0.39, 0.29) is 16.7 Å². The highest BCUT2D eigenvalue weighted by Gasteiger charge is 2.31. The van der Waals surface area contributed by atoms with Gasteiger partial charge in [-0.1, -0.05) is 12.1 Å². The van der Waals surface area contributed by atoms with Crippen LogP contribution < -0.4 is 10.2 Å². The van der Waals surface area contributed by atoms with Gasteiger partial charge < -0.3 is 10.2 Å². The number of hydrogen-bond donors (Lipinski definition) is 1. The van der Waals surface area contributed by atoms with Gasteiger partial charge in [0.1, 0.15) is 0 Å². The van der Waals surface area contributed by atoms with E-state index < -0.39 is 5.51 Å². The zero-order chi connectivity index (χ0) is 12.3. The predicted molar refractivity (Wildman–Crippen MR) is 63.4 cm³/mol. The lowest BCUT2D eigenvalue weighted by atomic mass is 10.2. The SMILES string of the molecule is FC(F)(F)Sc1ccccc1N1CCNCC1. The van der Waals surface area contributed by atoms with Gasteiger partial charge in [-0.3, -0.25) is 0 Å². The number of para-hydroxylation sites is 1. The molecule has 94 valence electrons. The van der Waals surface area contributed by atoms with Crippen molar-refractivity contribution in [3.05, 3.63) is 24.3 Å². The van der Waals surface area contributed by atoms with Crippen LogP contribution in [0.4, 0.5) is 18.9 Å². The second kappa shape index (κ2) is 5.18. The molecule has 0 unspecified atom stereocenters. The van der Waals surface area contributed by atoms with Gasteiger partial charge in [0.15, 0.2) is 0 Å². The molecule has 2 nitrogen and oxygen atoms in total. The number of nitrogens with one attached hydrogen (secondary N) is 1. The molecular formula is C11H13F3N2S. The van der Waals surface area contributed by atoms with Crippen molar-refractivity contribution in [3.63, 3.8) is 0 Å². The first-order valence-electron chi connectivity index (χ1n) is 5.37. The standard InChI is InChI=1S/C11H13F3N2S/c12-11(13,14)17-10-4-2-1-3-9(10)16-7-5-15-6-8-16/h1-4,15H,5-8H2. The Kier molecular flexibility index (Phi) is 3.83. The van der Waals surface area contributed by atoms with Gasteiger partial charge in [-0.2, -0.15) is 13.2 Å². The molecule has 0 saturated carbocycles. The predicted octanol–water partition coefficient (Wildman–Crippen LogP) is 2.71. The lowest BCUT2D eigenvalue weighted by molar-refractivity contribution is -0.0328. The average Bonchev–Trinajstić information content (AvgIpc) is 2.29. The number of nitrogens with zero attached hydrogens (tertiary/aromatic N) is 1. The first-order chi connectivity index (χ1) is 8.06. The van der Waals surface area contributed by atoms with Gasteiger partial charge in [-0.05, 0) is 23.9 Å². The summed E-state index contributed by atoms with van der Waals surface area (Å²) in [5.41, 5.74) is -3.55. The van der Waals surface area contributed by atoms with Gasteiger partial charge >= 0.3 is 5.51 Å². The van der Waals surface area contributed by atoms with E-state index in [0.717, 1.165) is 26.2 Å². The van der Waals surface area contributed by atoms with E-state index in [1.54, 1.807) is 18.2 Å². The molecule has 0 radical (unpaired) electrons. The lowest BCUT2D eigenvalue weighted by Crippen LogP contribution is -2.43. The third-order valence-corrected chi connectivity index (χ3v) is 3.35. The molecule has 1 aliphatic heterocycles. The maximum atomic E-state index is 12.4. The van der Waals surface area contributed by atoms with Crippen LogP contribution in [0.15, 0.2) is 29.2 Å². The number of anilines is 1. The second-order valence-corrected chi connectivity index (χ2v) is 4.86. The molecule has 0 amide bonds. The van der Waals surface area contributed by atoms with E-state index >= 15 is 0 Å². The third-order valence-electron chi connectivity index (χ3n) is 2.55. The third kappa shape index (κ3) is 3.54. The van der Waals surface area contributed by atoms with E-state index in [9.17, 15) is 13.2 Å². The molecular weight excluding hydrogens is 249 g/mol. The largest absolute Gasteiger partial charge is 0.446 e. The lowest BCUT2D eigenvalue weighted by Gasteiger charge is -2.31. The molecule has 1 aliphatic rings. The van der Waals surface area contributed by atoms with Gasteiger partial charge in [0.05, 0.1) is 5.69 Å². The van der Waals surface area contributed by atoms with E-state index in [1.807, 2.05) is 4.90 Å². The Morgan fingerprint density at radius 1 is 1.12 bits per heavy atom. The molecule has 0 atom stereocenters. The van der Waals surface area contributed by atoms with Gasteiger partial charge in [-0.15, -0.1) is 0 Å². The summed E-state index contributed by atoms with van der Waals surface area (Å²) in [5.74, 6) is 0. The molecule has 6 heteroatoms. The average molecular weight is 262 g/mol. The summed E-state index contributed by atoms with van der Waals surface area (Å²) in [5, 5.41) is 3.18. The van der Waals surface area contributed by atoms with Crippen LogP contribution >= 0.6 is 11.8 Å². The highest BCUT2D eigenvalue weighted by atomic mass is 32.2. The number of thioether (sulfide) groups is 1. The minimum Gasteiger partial charge on any atom is -0.368 e. The number of alkyl halides is 3. The summed E-state index contributed by atoms with van der Waals surface area (Å²) >= 11 is -0.0411. The summed E-state index contributed by atoms with van der Waals surface area (Å²) in [6.07, 6.45) is 0. The van der Waals surface area contributed by atoms with E-state index in [0.29, 0.717) is 5.69 Å². The first kappa shape index (κ1) is 12.6. The van der Waals surface area contributed by atoms with Crippen molar-refractivity contribution in [1.82, 2.24) is 5.32 Å². The van der Waals surface area contributed by atoms with Gasteiger partial charge in [-0.25, -0.2) is 0 Å². The highest BCUT2D eigenvalue weighted by molar-refractivity contribution is 8.00. The normalized spacial score (nSPS) is 17.2. The smallest absolute Gasteiger partial charge is 0.368 e. The molecule has 1 fully saturated rings. The maximum Gasteiger partial charge on any atom is 0.446 e. The summed E-state index contributed by atoms with van der Waals surface area (Å²) in [7, 11) is 0. The molecule has 1 aromatic rings. The number of hydrogen-bond acceptors (Lipinski definition) is 3. The van der Waals surface area contributed by atoms with E-state index in [1.165, 1.54) is 6.07 Å². The number of halogens is 3. The fourth-order valence-corrected chi connectivity index (χ4v) is 2.53. The Morgan fingerprint density at radius 2 is 1.76 bits per heavy atom.